The number of allylic oxidation sites excluding steroid dienone is 2. The van der Waals surface area contributed by atoms with E-state index in [1.165, 1.54) is 18.4 Å². The number of aromatic nitrogens is 2. The highest BCUT2D eigenvalue weighted by atomic mass is 16.5. The van der Waals surface area contributed by atoms with Crippen LogP contribution in [0.15, 0.2) is 46.7 Å². The topological polar surface area (TPSA) is 53.2 Å². The zero-order valence-electron chi connectivity index (χ0n) is 13.0. The average molecular weight is 295 g/mol. The van der Waals surface area contributed by atoms with Crippen molar-refractivity contribution in [1.82, 2.24) is 9.97 Å². The van der Waals surface area contributed by atoms with Gasteiger partial charge in [-0.15, -0.1) is 0 Å². The summed E-state index contributed by atoms with van der Waals surface area (Å²) in [6.45, 7) is 2.20. The van der Waals surface area contributed by atoms with Crippen molar-refractivity contribution in [1.29, 1.82) is 0 Å². The number of H-pyrrole nitrogens is 2. The van der Waals surface area contributed by atoms with Crippen molar-refractivity contribution in [3.8, 4) is 17.1 Å². The number of ether oxygens (including phenoxy) is 1. The maximum Gasteiger partial charge on any atom is 0.144 e. The van der Waals surface area contributed by atoms with E-state index in [-0.39, 0.29) is 0 Å². The Balaban J connectivity index is 1.90. The monoisotopic (exact) mass is 295 g/mol. The zero-order valence-corrected chi connectivity index (χ0v) is 13.0. The molecule has 22 heavy (non-hydrogen) atoms. The van der Waals surface area contributed by atoms with Crippen LogP contribution in [0.5, 0.6) is 5.75 Å². The van der Waals surface area contributed by atoms with Gasteiger partial charge < -0.3 is 14.7 Å². The number of aromatic amines is 2. The Hall–Kier alpha value is -2.49. The fourth-order valence-corrected chi connectivity index (χ4v) is 2.59. The first-order valence-corrected chi connectivity index (χ1v) is 7.68. The number of methoxy groups -OCH3 is 1. The fraction of sp³-hybridized carbons (Fsp3) is 0.278. The number of hydrogen-bond donors (Lipinski definition) is 2. The third kappa shape index (κ3) is 2.91. The van der Waals surface area contributed by atoms with Crippen molar-refractivity contribution in [2.45, 2.75) is 26.2 Å². The molecule has 0 aromatic carbocycles. The van der Waals surface area contributed by atoms with E-state index in [0.717, 1.165) is 34.9 Å². The Morgan fingerprint density at radius 2 is 2.23 bits per heavy atom. The molecule has 0 spiro atoms. The van der Waals surface area contributed by atoms with Gasteiger partial charge >= 0.3 is 0 Å². The highest BCUT2D eigenvalue weighted by Gasteiger charge is 2.13. The molecule has 0 fully saturated rings. The maximum absolute atomic E-state index is 5.49. The predicted molar refractivity (Wildman–Crippen MR) is 91.2 cm³/mol. The normalized spacial score (nSPS) is 15.5. The summed E-state index contributed by atoms with van der Waals surface area (Å²) in [5.41, 5.74) is 5.31. The molecule has 0 atom stereocenters. The van der Waals surface area contributed by atoms with Crippen LogP contribution in [0.1, 0.15) is 31.9 Å². The van der Waals surface area contributed by atoms with Gasteiger partial charge in [-0.25, -0.2) is 0 Å². The van der Waals surface area contributed by atoms with Gasteiger partial charge in [0.2, 0.25) is 0 Å². The van der Waals surface area contributed by atoms with Gasteiger partial charge in [-0.3, -0.25) is 4.99 Å². The summed E-state index contributed by atoms with van der Waals surface area (Å²) >= 11 is 0. The Kier molecular flexibility index (Phi) is 4.28. The van der Waals surface area contributed by atoms with E-state index in [0.29, 0.717) is 0 Å². The van der Waals surface area contributed by atoms with Crippen LogP contribution >= 0.6 is 0 Å². The highest BCUT2D eigenvalue weighted by Crippen LogP contribution is 2.31. The zero-order chi connectivity index (χ0) is 15.4. The molecule has 2 aromatic rings. The van der Waals surface area contributed by atoms with Gasteiger partial charge in [0.05, 0.1) is 29.9 Å². The molecule has 2 aromatic heterocycles. The molecule has 0 radical (unpaired) electrons. The number of unbranched alkanes of at least 4 members (excludes halogenated alkanes) is 1. The molecule has 0 saturated heterocycles. The smallest absolute Gasteiger partial charge is 0.144 e. The van der Waals surface area contributed by atoms with Gasteiger partial charge in [-0.05, 0) is 42.7 Å². The van der Waals surface area contributed by atoms with Crippen molar-refractivity contribution in [2.75, 3.05) is 7.11 Å². The van der Waals surface area contributed by atoms with E-state index in [2.05, 4.69) is 34.0 Å². The van der Waals surface area contributed by atoms with Gasteiger partial charge in [-0.1, -0.05) is 13.3 Å². The van der Waals surface area contributed by atoms with Crippen LogP contribution in [0, 0.1) is 0 Å². The second kappa shape index (κ2) is 6.52. The molecule has 4 heteroatoms. The maximum atomic E-state index is 5.49. The van der Waals surface area contributed by atoms with Gasteiger partial charge in [-0.2, -0.15) is 0 Å². The van der Waals surface area contributed by atoms with Crippen molar-refractivity contribution in [3.05, 3.63) is 47.4 Å². The fourth-order valence-electron chi connectivity index (χ4n) is 2.59. The molecule has 0 bridgehead atoms. The Labute approximate surface area is 130 Å². The lowest BCUT2D eigenvalue weighted by molar-refractivity contribution is 0.414. The second-order valence-electron chi connectivity index (χ2n) is 5.35. The number of nitrogens with one attached hydrogen (secondary N) is 2. The standard InChI is InChI=1S/C18H21N3O/c1-3-4-6-13-8-10-20-15(13)11-17-18(22-2)12-16(21-17)14-7-5-9-19-14/h5,7-12,19,21H,3-4,6H2,1-2H3. The molecule has 0 unspecified atom stereocenters. The SMILES string of the molecule is CCCCC1=CC=NC1=Cc1[nH]c(-c2ccc[nH]2)cc1OC. The average Bonchev–Trinajstić information content (AvgIpc) is 3.26. The lowest BCUT2D eigenvalue weighted by Crippen LogP contribution is -1.87. The number of nitrogens with zero attached hydrogens (tertiary/aromatic N) is 1. The quantitative estimate of drug-likeness (QED) is 0.806. The number of aliphatic imine (C=N–C) groups is 1. The first kappa shape index (κ1) is 14.4. The molecular weight excluding hydrogens is 274 g/mol. The number of rotatable bonds is 6. The van der Waals surface area contributed by atoms with Crippen LogP contribution in [0.2, 0.25) is 0 Å². The Morgan fingerprint density at radius 1 is 1.32 bits per heavy atom. The lowest BCUT2D eigenvalue weighted by Gasteiger charge is -2.03. The molecule has 4 nitrogen and oxygen atoms in total. The van der Waals surface area contributed by atoms with Crippen LogP contribution in [0.4, 0.5) is 0 Å². The predicted octanol–water partition coefficient (Wildman–Crippen LogP) is 4.56. The minimum absolute atomic E-state index is 0.828. The second-order valence-corrected chi connectivity index (χ2v) is 5.35. The van der Waals surface area contributed by atoms with Crippen molar-refractivity contribution in [3.63, 3.8) is 0 Å². The third-order valence-electron chi connectivity index (χ3n) is 3.82. The molecular formula is C18H21N3O. The summed E-state index contributed by atoms with van der Waals surface area (Å²) in [7, 11) is 1.69. The summed E-state index contributed by atoms with van der Waals surface area (Å²) in [6, 6.07) is 6.02. The van der Waals surface area contributed by atoms with E-state index in [1.54, 1.807) is 7.11 Å². The van der Waals surface area contributed by atoms with Crippen LogP contribution in [-0.4, -0.2) is 23.3 Å². The summed E-state index contributed by atoms with van der Waals surface area (Å²) in [5, 5.41) is 0. The van der Waals surface area contributed by atoms with Crippen molar-refractivity contribution >= 4 is 12.3 Å². The third-order valence-corrected chi connectivity index (χ3v) is 3.82. The molecule has 0 saturated carbocycles. The van der Waals surface area contributed by atoms with Gasteiger partial charge in [0.15, 0.2) is 0 Å². The molecule has 2 N–H and O–H groups in total. The van der Waals surface area contributed by atoms with Crippen molar-refractivity contribution in [2.24, 2.45) is 4.99 Å². The van der Waals surface area contributed by atoms with E-state index in [4.69, 9.17) is 4.74 Å². The van der Waals surface area contributed by atoms with Gasteiger partial charge in [0.1, 0.15) is 5.75 Å². The van der Waals surface area contributed by atoms with E-state index in [1.807, 2.05) is 30.6 Å². The minimum Gasteiger partial charge on any atom is -0.494 e. The summed E-state index contributed by atoms with van der Waals surface area (Å²) in [4.78, 5) is 11.1. The highest BCUT2D eigenvalue weighted by molar-refractivity contribution is 5.82. The molecule has 3 heterocycles. The first-order valence-electron chi connectivity index (χ1n) is 7.68. The molecule has 0 amide bonds. The first-order chi connectivity index (χ1) is 10.8. The van der Waals surface area contributed by atoms with E-state index < -0.39 is 0 Å². The summed E-state index contributed by atoms with van der Waals surface area (Å²) in [5.74, 6) is 0.828. The molecule has 3 rings (SSSR count). The molecule has 114 valence electrons. The Bertz CT molecular complexity index is 718. The molecule has 1 aliphatic heterocycles. The van der Waals surface area contributed by atoms with Crippen LogP contribution in [0.3, 0.4) is 0 Å². The van der Waals surface area contributed by atoms with E-state index in [9.17, 15) is 0 Å². The molecule has 1 aliphatic rings. The van der Waals surface area contributed by atoms with Gasteiger partial charge in [0.25, 0.3) is 0 Å². The van der Waals surface area contributed by atoms with Crippen LogP contribution in [-0.2, 0) is 0 Å². The van der Waals surface area contributed by atoms with Crippen LogP contribution in [0.25, 0.3) is 17.5 Å². The van der Waals surface area contributed by atoms with Gasteiger partial charge in [0, 0.05) is 18.5 Å². The lowest BCUT2D eigenvalue weighted by atomic mass is 10.1. The summed E-state index contributed by atoms with van der Waals surface area (Å²) < 4.78 is 5.49. The minimum atomic E-state index is 0.828. The van der Waals surface area contributed by atoms with Crippen molar-refractivity contribution < 1.29 is 4.74 Å². The van der Waals surface area contributed by atoms with Crippen LogP contribution < -0.4 is 4.74 Å². The summed E-state index contributed by atoms with van der Waals surface area (Å²) in [6.07, 6.45) is 11.4. The number of hydrogen-bond acceptors (Lipinski definition) is 2. The molecule has 0 aliphatic carbocycles. The van der Waals surface area contributed by atoms with E-state index >= 15 is 0 Å². The Morgan fingerprint density at radius 3 is 2.95 bits per heavy atom. The largest absolute Gasteiger partial charge is 0.494 e.